The van der Waals surface area contributed by atoms with Crippen molar-refractivity contribution in [3.05, 3.63) is 0 Å². The molecule has 5 atom stereocenters. The molecule has 4 aliphatic heterocycles. The molecule has 22 heteroatoms. The van der Waals surface area contributed by atoms with Crippen molar-refractivity contribution < 1.29 is 54.2 Å². The first kappa shape index (κ1) is 43.5. The maximum atomic E-state index is 13.1. The Bertz CT molecular complexity index is 1330. The Hall–Kier alpha value is -3.25. The summed E-state index contributed by atoms with van der Waals surface area (Å²) < 4.78 is 16.1. The second-order valence-corrected chi connectivity index (χ2v) is 17.2. The van der Waals surface area contributed by atoms with Gasteiger partial charge in [0.05, 0.1) is 5.94 Å². The largest absolute Gasteiger partial charge is 0.475 e. The normalized spacial score (nSPS) is 25.5. The van der Waals surface area contributed by atoms with Crippen molar-refractivity contribution in [2.75, 3.05) is 91.6 Å². The molecule has 4 amide bonds. The van der Waals surface area contributed by atoms with Crippen LogP contribution in [0.2, 0.25) is 0 Å². The fourth-order valence-corrected chi connectivity index (χ4v) is 8.89. The van der Waals surface area contributed by atoms with Crippen molar-refractivity contribution in [2.45, 2.75) is 64.5 Å². The molecule has 5 N–H and O–H groups in total. The molecule has 2 unspecified atom stereocenters. The van der Waals surface area contributed by atoms with Gasteiger partial charge in [0.2, 0.25) is 17.7 Å². The first-order chi connectivity index (χ1) is 25.7. The second kappa shape index (κ2) is 21.2. The molecule has 54 heavy (non-hydrogen) atoms. The number of hydrogen-bond acceptors (Lipinski definition) is 16. The summed E-state index contributed by atoms with van der Waals surface area (Å²) in [6.45, 7) is 9.08. The van der Waals surface area contributed by atoms with Crippen LogP contribution in [0.3, 0.4) is 0 Å². The van der Waals surface area contributed by atoms with Gasteiger partial charge in [-0.1, -0.05) is 13.8 Å². The molecule has 0 aromatic rings. The van der Waals surface area contributed by atoms with Crippen LogP contribution in [-0.2, 0) is 44.1 Å². The Morgan fingerprint density at radius 2 is 1.30 bits per heavy atom. The minimum Gasteiger partial charge on any atom is -0.426 e. The van der Waals surface area contributed by atoms with Crippen LogP contribution in [0.15, 0.2) is 0 Å². The van der Waals surface area contributed by atoms with Crippen LogP contribution in [0.1, 0.15) is 46.5 Å². The van der Waals surface area contributed by atoms with Gasteiger partial charge < -0.3 is 25.6 Å². The van der Waals surface area contributed by atoms with E-state index in [0.717, 1.165) is 0 Å². The topological polar surface area (TPSA) is 240 Å². The molecule has 20 nitrogen and oxygen atoms in total. The van der Waals surface area contributed by atoms with Crippen molar-refractivity contribution >= 4 is 66.0 Å². The third-order valence-corrected chi connectivity index (χ3v) is 12.7. The first-order valence-corrected chi connectivity index (χ1v) is 21.7. The minimum atomic E-state index is -3.96. The predicted octanol–water partition coefficient (Wildman–Crippen LogP) is -4.61. The summed E-state index contributed by atoms with van der Waals surface area (Å²) >= 11 is -3.96. The van der Waals surface area contributed by atoms with Gasteiger partial charge in [-0.05, 0) is 25.7 Å². The number of likely N-dealkylation sites (tertiary alicyclic amines) is 1. The maximum absolute atomic E-state index is 13.1. The van der Waals surface area contributed by atoms with Gasteiger partial charge in [0.15, 0.2) is 0 Å². The van der Waals surface area contributed by atoms with Crippen LogP contribution in [0, 0.1) is 5.92 Å². The summed E-state index contributed by atoms with van der Waals surface area (Å²) in [7, 11) is -1.67. The van der Waals surface area contributed by atoms with Gasteiger partial charge in [0, 0.05) is 13.0 Å². The van der Waals surface area contributed by atoms with Gasteiger partial charge in [-0.2, -0.15) is 0 Å². The van der Waals surface area contributed by atoms with E-state index in [1.165, 1.54) is 11.8 Å². The van der Waals surface area contributed by atoms with E-state index in [1.807, 2.05) is 19.6 Å². The van der Waals surface area contributed by atoms with E-state index >= 15 is 0 Å². The van der Waals surface area contributed by atoms with E-state index in [1.54, 1.807) is 13.8 Å². The molecular weight excluding hydrogens is 769 g/mol. The summed E-state index contributed by atoms with van der Waals surface area (Å²) in [5.74, 6) is -4.53. The monoisotopic (exact) mass is 822 g/mol. The number of hydrogen-bond donors (Lipinski definition) is 5. The smallest absolute Gasteiger partial charge is 0.426 e. The van der Waals surface area contributed by atoms with Crippen molar-refractivity contribution in [1.29, 1.82) is 0 Å². The van der Waals surface area contributed by atoms with Gasteiger partial charge in [0.1, 0.15) is 12.1 Å². The third-order valence-electron chi connectivity index (χ3n) is 9.86. The zero-order valence-corrected chi connectivity index (χ0v) is 33.8. The van der Waals surface area contributed by atoms with Gasteiger partial charge in [-0.3, -0.25) is 14.4 Å². The number of fused-ring (bicyclic) bond motifs is 7. The Labute approximate surface area is 321 Å². The van der Waals surface area contributed by atoms with Crippen LogP contribution in [0.25, 0.3) is 0 Å². The number of carbonyl (C=O) groups is 7. The fourth-order valence-electron chi connectivity index (χ4n) is 6.77. The SMILES string of the molecule is CC(C)[C@H](NC(=O)CCCNC(=O)CN1CCN2CCN3CCN(CC1)CC(=O)[O][Ga]([O]C(=O)C2)[O]C(=O)C3)C(=O)N[C@H](C)C(=O)N1CCC[C@H]1B(O)O. The number of carbonyl (C=O) groups excluding carboxylic acids is 7. The van der Waals surface area contributed by atoms with E-state index < -0.39 is 78.1 Å². The van der Waals surface area contributed by atoms with Crippen molar-refractivity contribution in [1.82, 2.24) is 40.4 Å². The zero-order valence-electron chi connectivity index (χ0n) is 31.4. The van der Waals surface area contributed by atoms with E-state index in [9.17, 15) is 43.6 Å². The van der Waals surface area contributed by atoms with E-state index in [-0.39, 0.29) is 51.0 Å². The molecule has 0 radical (unpaired) electrons. The molecule has 4 saturated heterocycles. The first-order valence-electron chi connectivity index (χ1n) is 18.7. The summed E-state index contributed by atoms with van der Waals surface area (Å²) in [5.41, 5.74) is 0. The Kier molecular flexibility index (Phi) is 17.0. The molecule has 0 aromatic heterocycles. The maximum Gasteiger partial charge on any atom is 0.475 e. The predicted molar refractivity (Wildman–Crippen MR) is 191 cm³/mol. The van der Waals surface area contributed by atoms with Crippen molar-refractivity contribution in [2.24, 2.45) is 5.92 Å². The van der Waals surface area contributed by atoms with Crippen molar-refractivity contribution in [3.63, 3.8) is 0 Å². The molecule has 300 valence electrons. The van der Waals surface area contributed by atoms with Gasteiger partial charge in [-0.25, -0.2) is 0 Å². The van der Waals surface area contributed by atoms with Crippen LogP contribution >= 0.6 is 0 Å². The number of nitrogens with one attached hydrogen (secondary N) is 3. The zero-order chi connectivity index (χ0) is 39.4. The van der Waals surface area contributed by atoms with Crippen LogP contribution < -0.4 is 16.0 Å². The fraction of sp³-hybridized carbons (Fsp3) is 0.781. The molecule has 0 aromatic carbocycles. The number of rotatable bonds is 12. The van der Waals surface area contributed by atoms with Crippen LogP contribution in [0.4, 0.5) is 0 Å². The Balaban J connectivity index is 1.25. The number of nitrogens with zero attached hydrogens (tertiary/aromatic N) is 5. The van der Waals surface area contributed by atoms with Crippen molar-refractivity contribution in [3.8, 4) is 0 Å². The molecule has 0 aliphatic carbocycles. The summed E-state index contributed by atoms with van der Waals surface area (Å²) in [4.78, 5) is 98.9. The molecule has 4 aliphatic rings. The molecule has 4 fully saturated rings. The van der Waals surface area contributed by atoms with Crippen LogP contribution in [0.5, 0.6) is 0 Å². The molecule has 0 saturated carbocycles. The van der Waals surface area contributed by atoms with E-state index in [0.29, 0.717) is 78.2 Å². The Morgan fingerprint density at radius 3 is 1.80 bits per heavy atom. The van der Waals surface area contributed by atoms with Crippen LogP contribution in [-0.4, -0.2) is 210 Å². The number of amides is 4. The van der Waals surface area contributed by atoms with Gasteiger partial charge in [-0.15, -0.1) is 0 Å². The van der Waals surface area contributed by atoms with Gasteiger partial charge >= 0.3 is 194 Å². The molecule has 4 rings (SSSR count). The van der Waals surface area contributed by atoms with E-state index in [4.69, 9.17) is 10.6 Å². The molecule has 4 heterocycles. The standard InChI is InChI=1S/C32H57BN8O12.Ga/c1-22(2)30(31(50)35-23(3)32(51)41-9-5-6-24(41)33(52)53)36-25(42)7-4-8-34-26(43)18-37-10-12-38(19-27(44)45)14-16-40(21-29(48)49)17-15-39(13-11-37)20-28(46)47;/h22-24,30,52-53H,4-21H2,1-3H3,(H,34,43)(H,35,50)(H,36,42)(H,44,45)(H,46,47)(H,48,49);/q;+3/p-3/t23-,24+,30+;/m1./s1. The quantitative estimate of drug-likeness (QED) is 0.0920. The average molecular weight is 823 g/mol. The second-order valence-electron chi connectivity index (χ2n) is 14.5. The molecular formula is C32H54BGaN8O12. The molecule has 4 bridgehead atoms. The third kappa shape index (κ3) is 13.8. The summed E-state index contributed by atoms with van der Waals surface area (Å²) in [6, 6.07) is -1.85. The van der Waals surface area contributed by atoms with Gasteiger partial charge in [0.25, 0.3) is 0 Å². The molecule has 0 spiro atoms. The average Bonchev–Trinajstić information content (AvgIpc) is 3.58. The minimum absolute atomic E-state index is 0.0133. The summed E-state index contributed by atoms with van der Waals surface area (Å²) in [5, 5.41) is 27.4. The summed E-state index contributed by atoms with van der Waals surface area (Å²) in [6.07, 6.45) is 1.41. The van der Waals surface area contributed by atoms with E-state index in [2.05, 4.69) is 16.0 Å². The Morgan fingerprint density at radius 1 is 0.778 bits per heavy atom.